The number of nitrogens with zero attached hydrogens (tertiary/aromatic N) is 2. The number of imide groups is 1. The molecule has 0 bridgehead atoms. The summed E-state index contributed by atoms with van der Waals surface area (Å²) < 4.78 is 0. The number of hydrogen-bond acceptors (Lipinski definition) is 4. The van der Waals surface area contributed by atoms with E-state index >= 15 is 0 Å². The number of nitrogens with one attached hydrogen (secondary N) is 1. The van der Waals surface area contributed by atoms with Crippen molar-refractivity contribution in [2.75, 3.05) is 0 Å². The van der Waals surface area contributed by atoms with Gasteiger partial charge in [-0.25, -0.2) is 9.97 Å². The lowest BCUT2D eigenvalue weighted by Gasteiger charge is -2.21. The minimum Gasteiger partial charge on any atom is -0.296 e. The summed E-state index contributed by atoms with van der Waals surface area (Å²) in [5, 5.41) is 3.49. The molecule has 1 fully saturated rings. The van der Waals surface area contributed by atoms with E-state index in [1.807, 2.05) is 12.1 Å². The zero-order valence-electron chi connectivity index (χ0n) is 9.89. The molecule has 96 valence electrons. The Kier molecular flexibility index (Phi) is 2.91. The fraction of sp³-hybridized carbons (Fsp3) is 0.231. The molecule has 1 atom stereocenters. The number of carbonyl (C=O) groups excluding carboxylic acids is 2. The van der Waals surface area contributed by atoms with Crippen LogP contribution in [0.2, 0.25) is 5.15 Å². The number of halogens is 1. The first-order valence-corrected chi connectivity index (χ1v) is 6.27. The Morgan fingerprint density at radius 2 is 2.11 bits per heavy atom. The smallest absolute Gasteiger partial charge is 0.234 e. The minimum absolute atomic E-state index is 0.215. The van der Waals surface area contributed by atoms with Gasteiger partial charge in [-0.15, -0.1) is 0 Å². The van der Waals surface area contributed by atoms with E-state index in [0.717, 1.165) is 10.9 Å². The molecule has 2 aromatic rings. The Balaban J connectivity index is 2.02. The summed E-state index contributed by atoms with van der Waals surface area (Å²) in [4.78, 5) is 31.0. The van der Waals surface area contributed by atoms with Crippen LogP contribution in [0.15, 0.2) is 24.5 Å². The van der Waals surface area contributed by atoms with Crippen molar-refractivity contribution in [3.05, 3.63) is 35.2 Å². The van der Waals surface area contributed by atoms with E-state index in [1.165, 1.54) is 6.33 Å². The van der Waals surface area contributed by atoms with Crippen LogP contribution in [0.25, 0.3) is 10.9 Å². The van der Waals surface area contributed by atoms with Gasteiger partial charge in [0.25, 0.3) is 0 Å². The highest BCUT2D eigenvalue weighted by Gasteiger charge is 2.28. The van der Waals surface area contributed by atoms with Gasteiger partial charge >= 0.3 is 0 Å². The molecule has 0 spiro atoms. The van der Waals surface area contributed by atoms with Crippen LogP contribution in [0.1, 0.15) is 24.3 Å². The van der Waals surface area contributed by atoms with E-state index < -0.39 is 0 Å². The van der Waals surface area contributed by atoms with E-state index in [9.17, 15) is 9.59 Å². The quantitative estimate of drug-likeness (QED) is 0.636. The maximum absolute atomic E-state index is 11.8. The van der Waals surface area contributed by atoms with Crippen molar-refractivity contribution in [1.29, 1.82) is 0 Å². The fourth-order valence-corrected chi connectivity index (χ4v) is 2.47. The van der Waals surface area contributed by atoms with E-state index in [-0.39, 0.29) is 17.7 Å². The number of fused-ring (bicyclic) bond motifs is 1. The lowest BCUT2D eigenvalue weighted by atomic mass is 9.90. The number of carbonyl (C=O) groups is 2. The molecule has 1 aliphatic heterocycles. The first-order valence-electron chi connectivity index (χ1n) is 5.89. The normalized spacial score (nSPS) is 19.5. The van der Waals surface area contributed by atoms with E-state index in [1.54, 1.807) is 6.07 Å². The Morgan fingerprint density at radius 1 is 1.26 bits per heavy atom. The van der Waals surface area contributed by atoms with Crippen molar-refractivity contribution in [1.82, 2.24) is 15.3 Å². The molecule has 5 nitrogen and oxygen atoms in total. The van der Waals surface area contributed by atoms with Crippen molar-refractivity contribution in [3.8, 4) is 0 Å². The topological polar surface area (TPSA) is 72.0 Å². The van der Waals surface area contributed by atoms with Gasteiger partial charge < -0.3 is 0 Å². The van der Waals surface area contributed by atoms with Gasteiger partial charge in [-0.3, -0.25) is 14.9 Å². The van der Waals surface area contributed by atoms with Crippen molar-refractivity contribution in [2.45, 2.75) is 18.8 Å². The fourth-order valence-electron chi connectivity index (χ4n) is 2.27. The number of amides is 2. The van der Waals surface area contributed by atoms with Crippen LogP contribution in [0.4, 0.5) is 0 Å². The molecule has 19 heavy (non-hydrogen) atoms. The molecule has 1 unspecified atom stereocenters. The predicted octanol–water partition coefficient (Wildman–Crippen LogP) is 1.80. The maximum atomic E-state index is 11.8. The van der Waals surface area contributed by atoms with E-state index in [0.29, 0.717) is 23.5 Å². The van der Waals surface area contributed by atoms with E-state index in [2.05, 4.69) is 15.3 Å². The van der Waals surface area contributed by atoms with Gasteiger partial charge in [0, 0.05) is 11.8 Å². The number of aromatic nitrogens is 2. The Bertz CT molecular complexity index is 687. The highest BCUT2D eigenvalue weighted by atomic mass is 35.5. The van der Waals surface area contributed by atoms with Gasteiger partial charge in [0.2, 0.25) is 11.8 Å². The molecule has 1 aliphatic rings. The molecule has 2 amide bonds. The van der Waals surface area contributed by atoms with Crippen molar-refractivity contribution >= 4 is 34.3 Å². The molecular weight excluding hydrogens is 266 g/mol. The zero-order chi connectivity index (χ0) is 13.4. The van der Waals surface area contributed by atoms with Crippen molar-refractivity contribution < 1.29 is 9.59 Å². The molecule has 3 rings (SSSR count). The third-order valence-corrected chi connectivity index (χ3v) is 3.55. The number of hydrogen-bond donors (Lipinski definition) is 1. The number of benzene rings is 1. The average molecular weight is 276 g/mol. The maximum Gasteiger partial charge on any atom is 0.234 e. The largest absolute Gasteiger partial charge is 0.296 e. The summed E-state index contributed by atoms with van der Waals surface area (Å²) in [5.74, 6) is -0.779. The van der Waals surface area contributed by atoms with Crippen LogP contribution in [-0.2, 0) is 9.59 Å². The molecule has 1 saturated heterocycles. The first kappa shape index (κ1) is 12.0. The molecule has 1 N–H and O–H groups in total. The van der Waals surface area contributed by atoms with Crippen LogP contribution < -0.4 is 5.32 Å². The van der Waals surface area contributed by atoms with Gasteiger partial charge in [-0.1, -0.05) is 17.7 Å². The monoisotopic (exact) mass is 275 g/mol. The second-order valence-corrected chi connectivity index (χ2v) is 4.80. The second kappa shape index (κ2) is 4.59. The van der Waals surface area contributed by atoms with Gasteiger partial charge in [-0.05, 0) is 24.1 Å². The molecule has 0 aliphatic carbocycles. The van der Waals surface area contributed by atoms with Crippen molar-refractivity contribution in [3.63, 3.8) is 0 Å². The molecule has 2 heterocycles. The van der Waals surface area contributed by atoms with Crippen molar-refractivity contribution in [2.24, 2.45) is 0 Å². The third kappa shape index (κ3) is 2.17. The first-order chi connectivity index (χ1) is 9.15. The lowest BCUT2D eigenvalue weighted by Crippen LogP contribution is -2.39. The van der Waals surface area contributed by atoms with Crippen LogP contribution >= 0.6 is 11.6 Å². The second-order valence-electron chi connectivity index (χ2n) is 4.44. The summed E-state index contributed by atoms with van der Waals surface area (Å²) in [6.07, 6.45) is 2.27. The molecule has 6 heteroatoms. The van der Waals surface area contributed by atoms with Crippen LogP contribution in [-0.4, -0.2) is 21.8 Å². The highest BCUT2D eigenvalue weighted by Crippen LogP contribution is 2.28. The minimum atomic E-state index is -0.309. The lowest BCUT2D eigenvalue weighted by molar-refractivity contribution is -0.134. The molecule has 1 aromatic carbocycles. The summed E-state index contributed by atoms with van der Waals surface area (Å²) >= 11 is 5.97. The molecule has 0 radical (unpaired) electrons. The highest BCUT2D eigenvalue weighted by molar-refractivity contribution is 6.34. The van der Waals surface area contributed by atoms with Crippen LogP contribution in [0.3, 0.4) is 0 Å². The summed E-state index contributed by atoms with van der Waals surface area (Å²) in [7, 11) is 0. The Labute approximate surface area is 114 Å². The van der Waals surface area contributed by atoms with Crippen LogP contribution in [0, 0.1) is 0 Å². The number of piperidine rings is 1. The zero-order valence-corrected chi connectivity index (χ0v) is 10.6. The number of rotatable bonds is 1. The Morgan fingerprint density at radius 3 is 2.89 bits per heavy atom. The summed E-state index contributed by atoms with van der Waals surface area (Å²) in [5.41, 5.74) is 1.54. The molecular formula is C13H10ClN3O2. The summed E-state index contributed by atoms with van der Waals surface area (Å²) in [6.45, 7) is 0. The van der Waals surface area contributed by atoms with Gasteiger partial charge in [0.05, 0.1) is 11.4 Å². The average Bonchev–Trinajstić information content (AvgIpc) is 2.38. The predicted molar refractivity (Wildman–Crippen MR) is 69.7 cm³/mol. The molecule has 0 saturated carbocycles. The van der Waals surface area contributed by atoms with E-state index in [4.69, 9.17) is 11.6 Å². The van der Waals surface area contributed by atoms with Crippen LogP contribution in [0.5, 0.6) is 0 Å². The molecule has 1 aromatic heterocycles. The standard InChI is InChI=1S/C13H10ClN3O2/c14-12-9-2-1-7(5-10(9)15-6-16-12)8-3-4-11(18)17-13(8)19/h1-2,5-6,8H,3-4H2,(H,17,18,19). The Hall–Kier alpha value is -2.01. The van der Waals surface area contributed by atoms with Gasteiger partial charge in [0.15, 0.2) is 0 Å². The van der Waals surface area contributed by atoms with Gasteiger partial charge in [-0.2, -0.15) is 0 Å². The summed E-state index contributed by atoms with van der Waals surface area (Å²) in [6, 6.07) is 5.46. The van der Waals surface area contributed by atoms with Gasteiger partial charge in [0.1, 0.15) is 11.5 Å². The SMILES string of the molecule is O=C1CCC(c2ccc3c(Cl)ncnc3c2)C(=O)N1. The third-order valence-electron chi connectivity index (χ3n) is 3.25.